The van der Waals surface area contributed by atoms with E-state index < -0.39 is 21.9 Å². The van der Waals surface area contributed by atoms with Crippen molar-refractivity contribution < 1.29 is 12.8 Å². The average molecular weight is 338 g/mol. The number of aromatic nitrogens is 3. The third-order valence-electron chi connectivity index (χ3n) is 4.12. The van der Waals surface area contributed by atoms with Gasteiger partial charge >= 0.3 is 0 Å². The van der Waals surface area contributed by atoms with Gasteiger partial charge in [-0.25, -0.2) is 17.8 Å². The molecule has 0 aliphatic carbocycles. The van der Waals surface area contributed by atoms with Gasteiger partial charge in [-0.2, -0.15) is 9.40 Å². The SMILES string of the molecule is Cc1nc([C@H]2CCCCN2S(=O)(=O)c2ccc(C)c(F)c2)n[nH]1. The fourth-order valence-corrected chi connectivity index (χ4v) is 4.50. The predicted octanol–water partition coefficient (Wildman–Crippen LogP) is 2.48. The number of sulfonamides is 1. The minimum absolute atomic E-state index is 0.0280. The molecule has 2 heterocycles. The van der Waals surface area contributed by atoms with E-state index in [1.165, 1.54) is 16.4 Å². The van der Waals surface area contributed by atoms with Crippen LogP contribution in [0.15, 0.2) is 23.1 Å². The first kappa shape index (κ1) is 16.1. The zero-order chi connectivity index (χ0) is 16.6. The molecule has 1 aromatic heterocycles. The lowest BCUT2D eigenvalue weighted by Crippen LogP contribution is -2.39. The van der Waals surface area contributed by atoms with E-state index in [0.717, 1.165) is 18.9 Å². The molecule has 2 aromatic rings. The standard InChI is InChI=1S/C15H19FN4O2S/c1-10-6-7-12(9-13(10)16)23(21,22)20-8-4-3-5-14(20)15-17-11(2)18-19-15/h6-7,9,14H,3-5,8H2,1-2H3,(H,17,18,19)/t14-/m1/s1. The summed E-state index contributed by atoms with van der Waals surface area (Å²) in [7, 11) is -3.79. The summed E-state index contributed by atoms with van der Waals surface area (Å²) in [6.45, 7) is 3.76. The number of hydrogen-bond acceptors (Lipinski definition) is 4. The number of hydrogen-bond donors (Lipinski definition) is 1. The summed E-state index contributed by atoms with van der Waals surface area (Å²) < 4.78 is 41.0. The van der Waals surface area contributed by atoms with Crippen LogP contribution < -0.4 is 0 Å². The van der Waals surface area contributed by atoms with E-state index in [-0.39, 0.29) is 4.90 Å². The van der Waals surface area contributed by atoms with Gasteiger partial charge < -0.3 is 0 Å². The van der Waals surface area contributed by atoms with Crippen molar-refractivity contribution in [1.82, 2.24) is 19.5 Å². The lowest BCUT2D eigenvalue weighted by molar-refractivity contribution is 0.247. The maximum Gasteiger partial charge on any atom is 0.243 e. The van der Waals surface area contributed by atoms with Crippen LogP contribution in [0, 0.1) is 19.7 Å². The molecule has 8 heteroatoms. The predicted molar refractivity (Wildman–Crippen MR) is 82.7 cm³/mol. The highest BCUT2D eigenvalue weighted by molar-refractivity contribution is 7.89. The monoisotopic (exact) mass is 338 g/mol. The summed E-state index contributed by atoms with van der Waals surface area (Å²) >= 11 is 0. The van der Waals surface area contributed by atoms with Crippen LogP contribution >= 0.6 is 0 Å². The molecule has 1 aromatic carbocycles. The Morgan fingerprint density at radius 3 is 2.74 bits per heavy atom. The Morgan fingerprint density at radius 1 is 1.30 bits per heavy atom. The molecule has 1 aliphatic rings. The van der Waals surface area contributed by atoms with Gasteiger partial charge in [-0.3, -0.25) is 5.10 Å². The molecule has 0 saturated carbocycles. The van der Waals surface area contributed by atoms with Crippen LogP contribution in [-0.4, -0.2) is 34.4 Å². The summed E-state index contributed by atoms with van der Waals surface area (Å²) in [5.74, 6) is 0.594. The lowest BCUT2D eigenvalue weighted by Gasteiger charge is -2.33. The van der Waals surface area contributed by atoms with Crippen LogP contribution in [0.25, 0.3) is 0 Å². The molecule has 6 nitrogen and oxygen atoms in total. The Morgan fingerprint density at radius 2 is 2.09 bits per heavy atom. The van der Waals surface area contributed by atoms with Gasteiger partial charge in [-0.05, 0) is 44.4 Å². The number of nitrogens with zero attached hydrogens (tertiary/aromatic N) is 3. The van der Waals surface area contributed by atoms with Crippen molar-refractivity contribution in [3.8, 4) is 0 Å². The number of aromatic amines is 1. The summed E-state index contributed by atoms with van der Waals surface area (Å²) in [6, 6.07) is 3.60. The molecule has 1 aliphatic heterocycles. The van der Waals surface area contributed by atoms with Crippen LogP contribution in [0.4, 0.5) is 4.39 Å². The second-order valence-corrected chi connectivity index (χ2v) is 7.71. The molecule has 1 atom stereocenters. The van der Waals surface area contributed by atoms with Gasteiger partial charge in [0.2, 0.25) is 10.0 Å². The molecule has 0 amide bonds. The lowest BCUT2D eigenvalue weighted by atomic mass is 10.0. The first-order valence-electron chi connectivity index (χ1n) is 7.56. The number of nitrogens with one attached hydrogen (secondary N) is 1. The van der Waals surface area contributed by atoms with Gasteiger partial charge in [-0.15, -0.1) is 0 Å². The topological polar surface area (TPSA) is 79.0 Å². The van der Waals surface area contributed by atoms with Gasteiger partial charge in [0.15, 0.2) is 5.82 Å². The first-order valence-corrected chi connectivity index (χ1v) is 9.00. The van der Waals surface area contributed by atoms with Crippen LogP contribution in [0.1, 0.15) is 42.5 Å². The molecule has 3 rings (SSSR count). The van der Waals surface area contributed by atoms with Crippen LogP contribution in [-0.2, 0) is 10.0 Å². The number of aryl methyl sites for hydroxylation is 2. The number of halogens is 1. The van der Waals surface area contributed by atoms with Crippen molar-refractivity contribution in [3.05, 3.63) is 41.2 Å². The van der Waals surface area contributed by atoms with Crippen molar-refractivity contribution in [1.29, 1.82) is 0 Å². The van der Waals surface area contributed by atoms with Crippen molar-refractivity contribution in [2.45, 2.75) is 44.0 Å². The molecule has 0 bridgehead atoms. The van der Waals surface area contributed by atoms with Crippen LogP contribution in [0.3, 0.4) is 0 Å². The maximum atomic E-state index is 13.8. The van der Waals surface area contributed by atoms with Crippen LogP contribution in [0.5, 0.6) is 0 Å². The molecule has 0 radical (unpaired) electrons. The molecule has 0 unspecified atom stereocenters. The van der Waals surface area contributed by atoms with Gasteiger partial charge in [0, 0.05) is 6.54 Å². The van der Waals surface area contributed by atoms with Crippen molar-refractivity contribution in [2.24, 2.45) is 0 Å². The Bertz CT molecular complexity index is 819. The Kier molecular flexibility index (Phi) is 4.20. The van der Waals surface area contributed by atoms with E-state index in [1.807, 2.05) is 0 Å². The molecule has 1 fully saturated rings. The van der Waals surface area contributed by atoms with E-state index in [2.05, 4.69) is 15.2 Å². The highest BCUT2D eigenvalue weighted by atomic mass is 32.2. The number of benzene rings is 1. The molecular weight excluding hydrogens is 319 g/mol. The summed E-state index contributed by atoms with van der Waals surface area (Å²) in [5, 5.41) is 6.86. The third-order valence-corrected chi connectivity index (χ3v) is 6.02. The zero-order valence-corrected chi connectivity index (χ0v) is 13.9. The quantitative estimate of drug-likeness (QED) is 0.932. The smallest absolute Gasteiger partial charge is 0.243 e. The second-order valence-electron chi connectivity index (χ2n) is 5.82. The molecular formula is C15H19FN4O2S. The third kappa shape index (κ3) is 3.00. The second kappa shape index (κ2) is 6.01. The van der Waals surface area contributed by atoms with E-state index in [0.29, 0.717) is 30.2 Å². The van der Waals surface area contributed by atoms with Crippen LogP contribution in [0.2, 0.25) is 0 Å². The summed E-state index contributed by atoms with van der Waals surface area (Å²) in [5.41, 5.74) is 0.420. The van der Waals surface area contributed by atoms with Gasteiger partial charge in [0.05, 0.1) is 10.9 Å². The fraction of sp³-hybridized carbons (Fsp3) is 0.467. The Hall–Kier alpha value is -1.80. The van der Waals surface area contributed by atoms with E-state index in [4.69, 9.17) is 0 Å². The molecule has 0 spiro atoms. The largest absolute Gasteiger partial charge is 0.263 e. The van der Waals surface area contributed by atoms with E-state index in [1.54, 1.807) is 13.8 Å². The normalized spacial score (nSPS) is 19.9. The van der Waals surface area contributed by atoms with Crippen molar-refractivity contribution >= 4 is 10.0 Å². The van der Waals surface area contributed by atoms with E-state index in [9.17, 15) is 12.8 Å². The number of H-pyrrole nitrogens is 1. The average Bonchev–Trinajstić information content (AvgIpc) is 2.96. The highest BCUT2D eigenvalue weighted by Gasteiger charge is 2.36. The Balaban J connectivity index is 2.00. The molecule has 124 valence electrons. The number of rotatable bonds is 3. The van der Waals surface area contributed by atoms with Crippen molar-refractivity contribution in [2.75, 3.05) is 6.54 Å². The van der Waals surface area contributed by atoms with Gasteiger partial charge in [0.1, 0.15) is 11.6 Å². The van der Waals surface area contributed by atoms with Crippen molar-refractivity contribution in [3.63, 3.8) is 0 Å². The minimum atomic E-state index is -3.79. The van der Waals surface area contributed by atoms with E-state index >= 15 is 0 Å². The fourth-order valence-electron chi connectivity index (χ4n) is 2.83. The Labute approximate surface area is 134 Å². The number of piperidine rings is 1. The van der Waals surface area contributed by atoms with Gasteiger partial charge in [0.25, 0.3) is 0 Å². The molecule has 1 saturated heterocycles. The highest BCUT2D eigenvalue weighted by Crippen LogP contribution is 2.34. The summed E-state index contributed by atoms with van der Waals surface area (Å²) in [4.78, 5) is 4.25. The summed E-state index contributed by atoms with van der Waals surface area (Å²) in [6.07, 6.45) is 2.34. The molecule has 1 N–H and O–H groups in total. The molecule has 23 heavy (non-hydrogen) atoms. The van der Waals surface area contributed by atoms with Gasteiger partial charge in [-0.1, -0.05) is 12.5 Å². The maximum absolute atomic E-state index is 13.8. The minimum Gasteiger partial charge on any atom is -0.263 e. The first-order chi connectivity index (χ1) is 10.9. The zero-order valence-electron chi connectivity index (χ0n) is 13.1.